The van der Waals surface area contributed by atoms with Crippen molar-refractivity contribution < 1.29 is 4.39 Å². The van der Waals surface area contributed by atoms with Crippen LogP contribution in [0.25, 0.3) is 0 Å². The molecule has 1 aromatic heterocycles. The van der Waals surface area contributed by atoms with Gasteiger partial charge >= 0.3 is 0 Å². The number of aromatic nitrogens is 2. The SMILES string of the molecule is CC(F)C(Cl)C=CCB(c1ccccc1)c1ccccc1.c1cn(C2CC2)cn1. The predicted molar refractivity (Wildman–Crippen MR) is 123 cm³/mol. The normalized spacial score (nSPS) is 15.4. The zero-order valence-electron chi connectivity index (χ0n) is 16.7. The van der Waals surface area contributed by atoms with Gasteiger partial charge in [-0.3, -0.25) is 0 Å². The van der Waals surface area contributed by atoms with Crippen LogP contribution in [0.3, 0.4) is 0 Å². The Kier molecular flexibility index (Phi) is 8.12. The third-order valence-electron chi connectivity index (χ3n) is 5.03. The number of rotatable bonds is 7. The Morgan fingerprint density at radius 3 is 2.14 bits per heavy atom. The highest BCUT2D eigenvalue weighted by Gasteiger charge is 2.22. The van der Waals surface area contributed by atoms with Gasteiger partial charge in [0.2, 0.25) is 6.71 Å². The lowest BCUT2D eigenvalue weighted by Gasteiger charge is -2.13. The van der Waals surface area contributed by atoms with Gasteiger partial charge in [-0.1, -0.05) is 83.7 Å². The van der Waals surface area contributed by atoms with Crippen LogP contribution in [-0.2, 0) is 0 Å². The smallest absolute Gasteiger partial charge is 0.213 e. The third-order valence-corrected chi connectivity index (χ3v) is 5.52. The summed E-state index contributed by atoms with van der Waals surface area (Å²) in [7, 11) is 0. The molecule has 4 rings (SSSR count). The van der Waals surface area contributed by atoms with Gasteiger partial charge in [0.15, 0.2) is 0 Å². The van der Waals surface area contributed by atoms with E-state index in [4.69, 9.17) is 11.6 Å². The monoisotopic (exact) mass is 408 g/mol. The molecule has 2 unspecified atom stereocenters. The Labute approximate surface area is 178 Å². The highest BCUT2D eigenvalue weighted by molar-refractivity contribution is 6.85. The molecule has 2 nitrogen and oxygen atoms in total. The van der Waals surface area contributed by atoms with E-state index in [1.807, 2.05) is 61.2 Å². The van der Waals surface area contributed by atoms with Gasteiger partial charge in [-0.05, 0) is 26.1 Å². The molecule has 2 atom stereocenters. The lowest BCUT2D eigenvalue weighted by atomic mass is 9.39. The number of hydrogen-bond acceptors (Lipinski definition) is 1. The molecule has 150 valence electrons. The molecule has 29 heavy (non-hydrogen) atoms. The van der Waals surface area contributed by atoms with Gasteiger partial charge in [0, 0.05) is 18.4 Å². The minimum atomic E-state index is -1.03. The van der Waals surface area contributed by atoms with Gasteiger partial charge in [-0.25, -0.2) is 9.37 Å². The van der Waals surface area contributed by atoms with E-state index in [1.165, 1.54) is 30.7 Å². The number of allylic oxidation sites excluding steroid dienone is 2. The zero-order valence-corrected chi connectivity index (χ0v) is 17.5. The topological polar surface area (TPSA) is 17.8 Å². The third kappa shape index (κ3) is 6.90. The quantitative estimate of drug-likeness (QED) is 0.304. The van der Waals surface area contributed by atoms with Crippen LogP contribution in [0.1, 0.15) is 25.8 Å². The first-order valence-corrected chi connectivity index (χ1v) is 10.6. The van der Waals surface area contributed by atoms with E-state index in [0.29, 0.717) is 0 Å². The van der Waals surface area contributed by atoms with E-state index < -0.39 is 11.5 Å². The molecule has 1 saturated carbocycles. The zero-order chi connectivity index (χ0) is 20.5. The molecule has 0 radical (unpaired) electrons. The minimum absolute atomic E-state index is 0.266. The van der Waals surface area contributed by atoms with Crippen LogP contribution in [-0.4, -0.2) is 27.8 Å². The molecule has 3 aromatic rings. The van der Waals surface area contributed by atoms with Gasteiger partial charge in [0.1, 0.15) is 6.17 Å². The van der Waals surface area contributed by atoms with Gasteiger partial charge < -0.3 is 4.57 Å². The van der Waals surface area contributed by atoms with Crippen LogP contribution in [0.2, 0.25) is 6.32 Å². The Morgan fingerprint density at radius 2 is 1.69 bits per heavy atom. The molecule has 0 aliphatic heterocycles. The van der Waals surface area contributed by atoms with Crippen LogP contribution in [0.5, 0.6) is 0 Å². The van der Waals surface area contributed by atoms with Crippen molar-refractivity contribution in [2.24, 2.45) is 0 Å². The Morgan fingerprint density at radius 1 is 1.10 bits per heavy atom. The summed E-state index contributed by atoms with van der Waals surface area (Å²) < 4.78 is 15.2. The average molecular weight is 409 g/mol. The summed E-state index contributed by atoms with van der Waals surface area (Å²) in [4.78, 5) is 3.95. The van der Waals surface area contributed by atoms with E-state index in [1.54, 1.807) is 6.08 Å². The molecule has 0 spiro atoms. The fourth-order valence-electron chi connectivity index (χ4n) is 3.19. The molecule has 1 fully saturated rings. The molecular weight excluding hydrogens is 382 g/mol. The number of imidazole rings is 1. The summed E-state index contributed by atoms with van der Waals surface area (Å²) in [6.45, 7) is 1.75. The summed E-state index contributed by atoms with van der Waals surface area (Å²) in [5, 5.41) is -0.558. The molecule has 5 heteroatoms. The standard InChI is InChI=1S/C18H19BClF.C6H8N2/c1-15(21)18(20)13-8-14-19(16-9-4-2-5-10-16)17-11-6-3-7-12-17;1-2-6(1)8-4-3-7-5-8/h2-13,15,18H,14H2,1H3;3-6H,1-2H2. The van der Waals surface area contributed by atoms with Crippen molar-refractivity contribution in [3.63, 3.8) is 0 Å². The van der Waals surface area contributed by atoms with Crippen molar-refractivity contribution in [2.45, 2.75) is 43.7 Å². The number of halogens is 2. The molecule has 0 saturated heterocycles. The van der Waals surface area contributed by atoms with Gasteiger partial charge in [-0.15, -0.1) is 11.6 Å². The maximum absolute atomic E-state index is 13.1. The first-order chi connectivity index (χ1) is 14.1. The number of nitrogens with zero attached hydrogens (tertiary/aromatic N) is 2. The first kappa shape index (κ1) is 21.4. The lowest BCUT2D eigenvalue weighted by Crippen LogP contribution is -2.41. The van der Waals surface area contributed by atoms with Crippen molar-refractivity contribution in [3.05, 3.63) is 91.5 Å². The maximum Gasteiger partial charge on any atom is 0.213 e. The van der Waals surface area contributed by atoms with E-state index in [9.17, 15) is 4.39 Å². The molecule has 1 heterocycles. The number of hydrogen-bond donors (Lipinski definition) is 0. The Hall–Kier alpha value is -2.33. The summed E-state index contributed by atoms with van der Waals surface area (Å²) in [6, 6.07) is 21.5. The van der Waals surface area contributed by atoms with E-state index in [0.717, 1.165) is 12.4 Å². The molecular formula is C24H27BClFN2. The van der Waals surface area contributed by atoms with Crippen molar-refractivity contribution in [1.82, 2.24) is 9.55 Å². The minimum Gasteiger partial charge on any atom is -0.334 e. The van der Waals surface area contributed by atoms with Gasteiger partial charge in [-0.2, -0.15) is 0 Å². The largest absolute Gasteiger partial charge is 0.334 e. The average Bonchev–Trinajstić information content (AvgIpc) is 3.46. The Balaban J connectivity index is 0.000000246. The second-order valence-corrected chi connectivity index (χ2v) is 7.90. The van der Waals surface area contributed by atoms with Gasteiger partial charge in [0.25, 0.3) is 0 Å². The second kappa shape index (κ2) is 11.0. The van der Waals surface area contributed by atoms with E-state index in [2.05, 4.69) is 33.8 Å². The summed E-state index contributed by atoms with van der Waals surface area (Å²) >= 11 is 5.93. The maximum atomic E-state index is 13.1. The molecule has 0 amide bonds. The molecule has 2 aromatic carbocycles. The summed E-state index contributed by atoms with van der Waals surface area (Å²) in [5.41, 5.74) is 2.51. The molecule has 1 aliphatic carbocycles. The van der Waals surface area contributed by atoms with Crippen molar-refractivity contribution >= 4 is 29.2 Å². The van der Waals surface area contributed by atoms with Crippen molar-refractivity contribution in [1.29, 1.82) is 0 Å². The molecule has 1 aliphatic rings. The highest BCUT2D eigenvalue weighted by Crippen LogP contribution is 2.33. The van der Waals surface area contributed by atoms with Crippen LogP contribution in [0.4, 0.5) is 4.39 Å². The van der Waals surface area contributed by atoms with E-state index >= 15 is 0 Å². The van der Waals surface area contributed by atoms with Crippen LogP contribution >= 0.6 is 11.6 Å². The fourth-order valence-corrected chi connectivity index (χ4v) is 3.29. The lowest BCUT2D eigenvalue weighted by molar-refractivity contribution is 0.369. The van der Waals surface area contributed by atoms with Crippen LogP contribution in [0.15, 0.2) is 91.5 Å². The summed E-state index contributed by atoms with van der Waals surface area (Å²) in [5.74, 6) is 0. The Bertz CT molecular complexity index is 810. The van der Waals surface area contributed by atoms with Crippen molar-refractivity contribution in [3.8, 4) is 0 Å². The first-order valence-electron chi connectivity index (χ1n) is 10.2. The second-order valence-electron chi connectivity index (χ2n) is 7.40. The predicted octanol–water partition coefficient (Wildman–Crippen LogP) is 5.04. The van der Waals surface area contributed by atoms with Crippen LogP contribution in [0, 0.1) is 0 Å². The van der Waals surface area contributed by atoms with Crippen LogP contribution < -0.4 is 10.9 Å². The molecule has 0 N–H and O–H groups in total. The van der Waals surface area contributed by atoms with E-state index in [-0.39, 0.29) is 6.71 Å². The number of benzene rings is 2. The summed E-state index contributed by atoms with van der Waals surface area (Å²) in [6.07, 6.45) is 11.9. The van der Waals surface area contributed by atoms with Crippen molar-refractivity contribution in [2.75, 3.05) is 0 Å². The highest BCUT2D eigenvalue weighted by atomic mass is 35.5. The molecule has 0 bridgehead atoms. The van der Waals surface area contributed by atoms with Gasteiger partial charge in [0.05, 0.1) is 11.7 Å². The number of alkyl halides is 2. The fraction of sp³-hybridized carbons (Fsp3) is 0.292.